The van der Waals surface area contributed by atoms with Gasteiger partial charge < -0.3 is 16.0 Å². The topological polar surface area (TPSA) is 58.4 Å². The van der Waals surface area contributed by atoms with Crippen molar-refractivity contribution in [2.24, 2.45) is 5.73 Å². The molecule has 0 spiro atoms. The van der Waals surface area contributed by atoms with Gasteiger partial charge in [-0.05, 0) is 45.0 Å². The van der Waals surface area contributed by atoms with Crippen LogP contribution < -0.4 is 16.0 Å². The fourth-order valence-corrected chi connectivity index (χ4v) is 1.39. The second kappa shape index (κ2) is 5.40. The Morgan fingerprint density at radius 3 is 2.17 bits per heavy atom. The number of amides is 1. The molecule has 18 heavy (non-hydrogen) atoms. The number of nitrogens with two attached hydrogens (primary N) is 1. The molecule has 1 unspecified atom stereocenters. The maximum atomic E-state index is 12.1. The monoisotopic (exact) mass is 249 g/mol. The van der Waals surface area contributed by atoms with Crippen LogP contribution in [0, 0.1) is 0 Å². The van der Waals surface area contributed by atoms with Gasteiger partial charge in [-0.2, -0.15) is 0 Å². The van der Waals surface area contributed by atoms with Gasteiger partial charge in [-0.15, -0.1) is 0 Å². The van der Waals surface area contributed by atoms with E-state index in [0.29, 0.717) is 5.56 Å². The summed E-state index contributed by atoms with van der Waals surface area (Å²) >= 11 is 0. The molecule has 0 bridgehead atoms. The Morgan fingerprint density at radius 2 is 1.78 bits per heavy atom. The fraction of sp³-hybridized carbons (Fsp3) is 0.500. The minimum absolute atomic E-state index is 0.0948. The first-order valence-electron chi connectivity index (χ1n) is 6.09. The summed E-state index contributed by atoms with van der Waals surface area (Å²) in [6.07, 6.45) is 0. The third-order valence-electron chi connectivity index (χ3n) is 3.22. The molecule has 0 heterocycles. The second-order valence-corrected chi connectivity index (χ2v) is 5.41. The lowest BCUT2D eigenvalue weighted by molar-refractivity contribution is 0.0903. The number of carbonyl (C=O) groups is 1. The Labute approximate surface area is 109 Å². The molecule has 0 aliphatic heterocycles. The maximum absolute atomic E-state index is 12.1. The van der Waals surface area contributed by atoms with E-state index in [1.54, 1.807) is 0 Å². The highest BCUT2D eigenvalue weighted by molar-refractivity contribution is 5.95. The summed E-state index contributed by atoms with van der Waals surface area (Å²) in [5, 5.41) is 2.94. The van der Waals surface area contributed by atoms with Gasteiger partial charge in [0.05, 0.1) is 0 Å². The number of nitrogens with zero attached hydrogens (tertiary/aromatic N) is 1. The first-order chi connectivity index (χ1) is 8.24. The average Bonchev–Trinajstić information content (AvgIpc) is 2.28. The SMILES string of the molecule is CC(N)C(C)(C)NC(=O)c1ccc(N(C)C)cc1. The van der Waals surface area contributed by atoms with Crippen molar-refractivity contribution >= 4 is 11.6 Å². The minimum atomic E-state index is -0.419. The molecular formula is C14H23N3O. The Balaban J connectivity index is 2.79. The predicted molar refractivity (Wildman–Crippen MR) is 76.0 cm³/mol. The highest BCUT2D eigenvalue weighted by Crippen LogP contribution is 2.14. The van der Waals surface area contributed by atoms with E-state index in [9.17, 15) is 4.79 Å². The maximum Gasteiger partial charge on any atom is 0.251 e. The van der Waals surface area contributed by atoms with E-state index in [1.165, 1.54) is 0 Å². The van der Waals surface area contributed by atoms with E-state index in [-0.39, 0.29) is 11.9 Å². The van der Waals surface area contributed by atoms with Crippen LogP contribution in [-0.4, -0.2) is 31.6 Å². The lowest BCUT2D eigenvalue weighted by atomic mass is 9.96. The number of hydrogen-bond acceptors (Lipinski definition) is 3. The molecule has 0 fully saturated rings. The zero-order chi connectivity index (χ0) is 13.9. The fourth-order valence-electron chi connectivity index (χ4n) is 1.39. The zero-order valence-corrected chi connectivity index (χ0v) is 11.8. The molecule has 1 amide bonds. The normalized spacial score (nSPS) is 13.0. The van der Waals surface area contributed by atoms with Crippen molar-refractivity contribution in [1.82, 2.24) is 5.32 Å². The molecule has 1 atom stereocenters. The molecular weight excluding hydrogens is 226 g/mol. The van der Waals surface area contributed by atoms with Gasteiger partial charge >= 0.3 is 0 Å². The average molecular weight is 249 g/mol. The van der Waals surface area contributed by atoms with Crippen molar-refractivity contribution in [2.75, 3.05) is 19.0 Å². The predicted octanol–water partition coefficient (Wildman–Crippen LogP) is 1.61. The van der Waals surface area contributed by atoms with Crippen molar-refractivity contribution in [1.29, 1.82) is 0 Å². The Hall–Kier alpha value is -1.55. The number of nitrogens with one attached hydrogen (secondary N) is 1. The van der Waals surface area contributed by atoms with Gasteiger partial charge in [0.2, 0.25) is 0 Å². The van der Waals surface area contributed by atoms with Crippen LogP contribution in [0.25, 0.3) is 0 Å². The van der Waals surface area contributed by atoms with Gasteiger partial charge in [0.25, 0.3) is 5.91 Å². The van der Waals surface area contributed by atoms with Crippen LogP contribution in [0.5, 0.6) is 0 Å². The molecule has 0 aliphatic carbocycles. The summed E-state index contributed by atoms with van der Waals surface area (Å²) in [5.41, 5.74) is 7.13. The van der Waals surface area contributed by atoms with Crippen LogP contribution in [-0.2, 0) is 0 Å². The van der Waals surface area contributed by atoms with E-state index in [1.807, 2.05) is 64.0 Å². The van der Waals surface area contributed by atoms with Crippen LogP contribution >= 0.6 is 0 Å². The van der Waals surface area contributed by atoms with Crippen molar-refractivity contribution in [2.45, 2.75) is 32.4 Å². The quantitative estimate of drug-likeness (QED) is 0.852. The smallest absolute Gasteiger partial charge is 0.251 e. The van der Waals surface area contributed by atoms with Gasteiger partial charge in [-0.3, -0.25) is 4.79 Å². The van der Waals surface area contributed by atoms with Crippen LogP contribution in [0.15, 0.2) is 24.3 Å². The van der Waals surface area contributed by atoms with Crippen molar-refractivity contribution in [3.8, 4) is 0 Å². The van der Waals surface area contributed by atoms with Gasteiger partial charge in [0, 0.05) is 36.9 Å². The Morgan fingerprint density at radius 1 is 1.28 bits per heavy atom. The summed E-state index contributed by atoms with van der Waals surface area (Å²) in [6.45, 7) is 5.73. The Kier molecular flexibility index (Phi) is 4.35. The molecule has 0 radical (unpaired) electrons. The summed E-state index contributed by atoms with van der Waals surface area (Å²) in [7, 11) is 3.93. The van der Waals surface area contributed by atoms with E-state index in [2.05, 4.69) is 5.32 Å². The molecule has 3 N–H and O–H groups in total. The van der Waals surface area contributed by atoms with Crippen LogP contribution in [0.3, 0.4) is 0 Å². The van der Waals surface area contributed by atoms with E-state index in [0.717, 1.165) is 5.69 Å². The van der Waals surface area contributed by atoms with Crippen LogP contribution in [0.4, 0.5) is 5.69 Å². The summed E-state index contributed by atoms with van der Waals surface area (Å²) in [5.74, 6) is -0.0948. The van der Waals surface area contributed by atoms with Gasteiger partial charge in [0.1, 0.15) is 0 Å². The molecule has 4 nitrogen and oxygen atoms in total. The number of carbonyl (C=O) groups excluding carboxylic acids is 1. The summed E-state index contributed by atoms with van der Waals surface area (Å²) in [6, 6.07) is 7.38. The number of benzene rings is 1. The Bertz CT molecular complexity index is 408. The largest absolute Gasteiger partial charge is 0.378 e. The van der Waals surface area contributed by atoms with Gasteiger partial charge in [0.15, 0.2) is 0 Å². The molecule has 0 aliphatic rings. The first kappa shape index (κ1) is 14.5. The standard InChI is InChI=1S/C14H23N3O/c1-10(15)14(2,3)16-13(18)11-6-8-12(9-7-11)17(4)5/h6-10H,15H2,1-5H3,(H,16,18). The molecule has 1 rings (SSSR count). The first-order valence-corrected chi connectivity index (χ1v) is 6.09. The van der Waals surface area contributed by atoms with Gasteiger partial charge in [-0.1, -0.05) is 0 Å². The molecule has 1 aromatic rings. The highest BCUT2D eigenvalue weighted by atomic mass is 16.1. The van der Waals surface area contributed by atoms with Crippen LogP contribution in [0.2, 0.25) is 0 Å². The van der Waals surface area contributed by atoms with E-state index >= 15 is 0 Å². The number of hydrogen-bond donors (Lipinski definition) is 2. The van der Waals surface area contributed by atoms with Crippen molar-refractivity contribution in [3.05, 3.63) is 29.8 Å². The van der Waals surface area contributed by atoms with Gasteiger partial charge in [-0.25, -0.2) is 0 Å². The highest BCUT2D eigenvalue weighted by Gasteiger charge is 2.25. The molecule has 0 saturated carbocycles. The third kappa shape index (κ3) is 3.47. The molecule has 4 heteroatoms. The zero-order valence-electron chi connectivity index (χ0n) is 11.8. The second-order valence-electron chi connectivity index (χ2n) is 5.41. The van der Waals surface area contributed by atoms with Crippen LogP contribution in [0.1, 0.15) is 31.1 Å². The molecule has 0 aromatic heterocycles. The summed E-state index contributed by atoms with van der Waals surface area (Å²) < 4.78 is 0. The van der Waals surface area contributed by atoms with Crippen molar-refractivity contribution in [3.63, 3.8) is 0 Å². The van der Waals surface area contributed by atoms with Crippen molar-refractivity contribution < 1.29 is 4.79 Å². The molecule has 1 aromatic carbocycles. The molecule has 0 saturated heterocycles. The third-order valence-corrected chi connectivity index (χ3v) is 3.22. The van der Waals surface area contributed by atoms with E-state index < -0.39 is 5.54 Å². The van der Waals surface area contributed by atoms with E-state index in [4.69, 9.17) is 5.73 Å². The molecule has 100 valence electrons. The number of rotatable bonds is 4. The summed E-state index contributed by atoms with van der Waals surface area (Å²) in [4.78, 5) is 14.1. The number of anilines is 1. The minimum Gasteiger partial charge on any atom is -0.378 e. The lowest BCUT2D eigenvalue weighted by Gasteiger charge is -2.30. The lowest BCUT2D eigenvalue weighted by Crippen LogP contribution is -2.54.